The Balaban J connectivity index is 3.75. The van der Waals surface area contributed by atoms with Gasteiger partial charge in [0.2, 0.25) is 0 Å². The first kappa shape index (κ1) is 14.1. The molecule has 0 rings (SSSR count). The Morgan fingerprint density at radius 3 is 2.00 bits per heavy atom. The van der Waals surface area contributed by atoms with Gasteiger partial charge in [0, 0.05) is 0 Å². The molecular weight excluding hydrogens is 194 g/mol. The zero-order valence-corrected chi connectivity index (χ0v) is 9.82. The molecule has 0 unspecified atom stereocenters. The molecule has 0 saturated carbocycles. The molecule has 0 bridgehead atoms. The zero-order valence-electron chi connectivity index (χ0n) is 9.82. The molecule has 0 nitrogen and oxygen atoms in total. The van der Waals surface area contributed by atoms with Crippen molar-refractivity contribution in [3.05, 3.63) is 35.5 Å². The van der Waals surface area contributed by atoms with Crippen LogP contribution in [0.3, 0.4) is 0 Å². The van der Waals surface area contributed by atoms with E-state index in [1.807, 2.05) is 13.8 Å². The molecule has 0 N–H and O–H groups in total. The minimum Gasteiger partial charge on any atom is -0.174 e. The van der Waals surface area contributed by atoms with Gasteiger partial charge in [-0.15, -0.1) is 0 Å². The van der Waals surface area contributed by atoms with E-state index in [9.17, 15) is 8.78 Å². The summed E-state index contributed by atoms with van der Waals surface area (Å²) in [6, 6.07) is 0. The van der Waals surface area contributed by atoms with E-state index >= 15 is 0 Å². The van der Waals surface area contributed by atoms with Crippen LogP contribution in [0.2, 0.25) is 0 Å². The fourth-order valence-corrected chi connectivity index (χ4v) is 1.20. The Morgan fingerprint density at radius 2 is 1.47 bits per heavy atom. The third-order valence-corrected chi connectivity index (χ3v) is 2.36. The quantitative estimate of drug-likeness (QED) is 0.530. The molecule has 15 heavy (non-hydrogen) atoms. The summed E-state index contributed by atoms with van der Waals surface area (Å²) in [6.07, 6.45) is 6.87. The lowest BCUT2D eigenvalue weighted by molar-refractivity contribution is 0.417. The number of halogens is 2. The maximum absolute atomic E-state index is 11.7. The van der Waals surface area contributed by atoms with Crippen LogP contribution in [-0.4, -0.2) is 0 Å². The highest BCUT2D eigenvalue weighted by Crippen LogP contribution is 2.11. The summed E-state index contributed by atoms with van der Waals surface area (Å²) in [4.78, 5) is 0. The topological polar surface area (TPSA) is 0 Å². The van der Waals surface area contributed by atoms with Crippen molar-refractivity contribution in [3.8, 4) is 0 Å². The van der Waals surface area contributed by atoms with Crippen LogP contribution >= 0.6 is 0 Å². The summed E-state index contributed by atoms with van der Waals surface area (Å²) in [6.45, 7) is 6.13. The van der Waals surface area contributed by atoms with Crippen molar-refractivity contribution >= 4 is 0 Å². The normalized spacial score (nSPS) is 12.9. The second-order valence-electron chi connectivity index (χ2n) is 3.76. The fourth-order valence-electron chi connectivity index (χ4n) is 1.20. The maximum Gasteiger partial charge on any atom is 0.266 e. The summed E-state index contributed by atoms with van der Waals surface area (Å²) >= 11 is 0. The summed E-state index contributed by atoms with van der Waals surface area (Å²) in [5.74, 6) is 0. The number of rotatable bonds is 6. The van der Waals surface area contributed by atoms with E-state index in [1.54, 1.807) is 0 Å². The third-order valence-electron chi connectivity index (χ3n) is 2.36. The highest BCUT2D eigenvalue weighted by Gasteiger charge is 1.92. The molecule has 0 atom stereocenters. The lowest BCUT2D eigenvalue weighted by Crippen LogP contribution is -1.79. The van der Waals surface area contributed by atoms with Gasteiger partial charge in [-0.1, -0.05) is 23.3 Å². The summed E-state index contributed by atoms with van der Waals surface area (Å²) in [5.41, 5.74) is 2.56. The van der Waals surface area contributed by atoms with E-state index in [2.05, 4.69) is 19.1 Å². The Kier molecular flexibility index (Phi) is 7.88. The average Bonchev–Trinajstić information content (AvgIpc) is 2.17. The molecule has 0 aromatic carbocycles. The van der Waals surface area contributed by atoms with Crippen LogP contribution in [0.15, 0.2) is 35.5 Å². The molecule has 2 heteroatoms. The first-order valence-corrected chi connectivity index (χ1v) is 5.34. The lowest BCUT2D eigenvalue weighted by Gasteiger charge is -1.99. The first-order valence-electron chi connectivity index (χ1n) is 5.34. The molecule has 0 fully saturated rings. The van der Waals surface area contributed by atoms with Crippen molar-refractivity contribution < 1.29 is 8.78 Å². The van der Waals surface area contributed by atoms with Crippen molar-refractivity contribution in [1.29, 1.82) is 0 Å². The van der Waals surface area contributed by atoms with Crippen LogP contribution in [0.1, 0.15) is 46.5 Å². The van der Waals surface area contributed by atoms with Gasteiger partial charge in [-0.3, -0.25) is 0 Å². The van der Waals surface area contributed by atoms with Crippen LogP contribution in [0.4, 0.5) is 8.78 Å². The predicted octanol–water partition coefficient (Wildman–Crippen LogP) is 5.24. The zero-order chi connectivity index (χ0) is 11.7. The van der Waals surface area contributed by atoms with Gasteiger partial charge in [0.05, 0.1) is 0 Å². The molecule has 0 heterocycles. The highest BCUT2D eigenvalue weighted by molar-refractivity contribution is 5.03. The van der Waals surface area contributed by atoms with Crippen LogP contribution in [0, 0.1) is 0 Å². The Labute approximate surface area is 91.4 Å². The van der Waals surface area contributed by atoms with Crippen LogP contribution in [-0.2, 0) is 0 Å². The second-order valence-corrected chi connectivity index (χ2v) is 3.76. The predicted molar refractivity (Wildman–Crippen MR) is 62.0 cm³/mol. The smallest absolute Gasteiger partial charge is 0.174 e. The van der Waals surface area contributed by atoms with Gasteiger partial charge >= 0.3 is 0 Å². The van der Waals surface area contributed by atoms with Gasteiger partial charge in [0.1, 0.15) is 0 Å². The van der Waals surface area contributed by atoms with Crippen molar-refractivity contribution in [2.75, 3.05) is 0 Å². The van der Waals surface area contributed by atoms with Gasteiger partial charge in [0.15, 0.2) is 0 Å². The van der Waals surface area contributed by atoms with Crippen molar-refractivity contribution in [2.45, 2.75) is 46.5 Å². The third kappa shape index (κ3) is 9.39. The van der Waals surface area contributed by atoms with Gasteiger partial charge in [-0.2, -0.15) is 8.78 Å². The molecule has 0 aliphatic carbocycles. The first-order chi connectivity index (χ1) is 7.06. The summed E-state index contributed by atoms with van der Waals surface area (Å²) in [7, 11) is 0. The molecular formula is C13H20F2. The molecule has 0 aromatic rings. The van der Waals surface area contributed by atoms with Gasteiger partial charge in [-0.25, -0.2) is 0 Å². The highest BCUT2D eigenvalue weighted by atomic mass is 19.3. The fraction of sp³-hybridized carbons (Fsp3) is 0.538. The molecule has 0 aromatic heterocycles. The average molecular weight is 214 g/mol. The van der Waals surface area contributed by atoms with E-state index < -0.39 is 6.08 Å². The lowest BCUT2D eigenvalue weighted by atomic mass is 10.1. The van der Waals surface area contributed by atoms with Crippen molar-refractivity contribution in [3.63, 3.8) is 0 Å². The summed E-state index contributed by atoms with van der Waals surface area (Å²) in [5, 5.41) is 0. The van der Waals surface area contributed by atoms with Gasteiger partial charge in [-0.05, 0) is 52.5 Å². The molecule has 0 radical (unpaired) electrons. The molecule has 0 amide bonds. The monoisotopic (exact) mass is 214 g/mol. The van der Waals surface area contributed by atoms with Crippen molar-refractivity contribution in [2.24, 2.45) is 0 Å². The number of hydrogen-bond acceptors (Lipinski definition) is 0. The Morgan fingerprint density at radius 1 is 0.933 bits per heavy atom. The van der Waals surface area contributed by atoms with E-state index in [4.69, 9.17) is 0 Å². The molecule has 0 spiro atoms. The van der Waals surface area contributed by atoms with E-state index in [0.29, 0.717) is 6.42 Å². The van der Waals surface area contributed by atoms with Crippen LogP contribution in [0.25, 0.3) is 0 Å². The standard InChI is InChI=1S/C13H20F2/c1-4-11(2)7-5-8-12(3)9-6-10-13(14)15/h4,8,10H,5-7,9H2,1-3H3/b11-4+,12-8+. The number of hydrogen-bond donors (Lipinski definition) is 0. The Hall–Kier alpha value is -0.920. The van der Waals surface area contributed by atoms with Crippen LogP contribution < -0.4 is 0 Å². The molecule has 0 aliphatic heterocycles. The minimum atomic E-state index is -1.58. The molecule has 0 aliphatic rings. The molecule has 86 valence electrons. The number of allylic oxidation sites excluding steroid dienone is 5. The van der Waals surface area contributed by atoms with E-state index in [0.717, 1.165) is 25.3 Å². The Bertz CT molecular complexity index is 256. The van der Waals surface area contributed by atoms with Crippen molar-refractivity contribution in [1.82, 2.24) is 0 Å². The van der Waals surface area contributed by atoms with E-state index in [1.165, 1.54) is 11.1 Å². The van der Waals surface area contributed by atoms with E-state index in [-0.39, 0.29) is 0 Å². The van der Waals surface area contributed by atoms with Gasteiger partial charge in [0.25, 0.3) is 6.08 Å². The maximum atomic E-state index is 11.7. The van der Waals surface area contributed by atoms with Crippen LogP contribution in [0.5, 0.6) is 0 Å². The minimum absolute atomic E-state index is 0.438. The molecule has 0 saturated heterocycles. The largest absolute Gasteiger partial charge is 0.266 e. The summed E-state index contributed by atoms with van der Waals surface area (Å²) < 4.78 is 23.4. The SMILES string of the molecule is C/C=C(\C)CC/C=C(\C)CCC=C(F)F. The van der Waals surface area contributed by atoms with Gasteiger partial charge < -0.3 is 0 Å². The second kappa shape index (κ2) is 8.39.